The molecule has 0 bridgehead atoms. The highest BCUT2D eigenvalue weighted by Gasteiger charge is 2.31. The summed E-state index contributed by atoms with van der Waals surface area (Å²) in [5, 5.41) is 14.0. The van der Waals surface area contributed by atoms with Crippen LogP contribution in [0.5, 0.6) is 0 Å². The van der Waals surface area contributed by atoms with E-state index >= 15 is 0 Å². The molecular weight excluding hydrogens is 212 g/mol. The van der Waals surface area contributed by atoms with Gasteiger partial charge < -0.3 is 5.32 Å². The molecule has 2 atom stereocenters. The zero-order valence-electron chi connectivity index (χ0n) is 8.60. The van der Waals surface area contributed by atoms with Gasteiger partial charge in [0, 0.05) is 17.5 Å². The van der Waals surface area contributed by atoms with Gasteiger partial charge in [-0.1, -0.05) is 18.3 Å². The smallest absolute Gasteiger partial charge is 0.312 e. The Morgan fingerprint density at radius 1 is 1.67 bits per heavy atom. The number of nitrogens with zero attached hydrogens (tertiary/aromatic N) is 1. The van der Waals surface area contributed by atoms with E-state index in [1.165, 1.54) is 17.8 Å². The summed E-state index contributed by atoms with van der Waals surface area (Å²) in [6.07, 6.45) is 1.32. The average molecular weight is 226 g/mol. The second-order valence-corrected chi connectivity index (χ2v) is 5.25. The third-order valence-electron chi connectivity index (χ3n) is 2.81. The van der Waals surface area contributed by atoms with Gasteiger partial charge in [0.15, 0.2) is 0 Å². The summed E-state index contributed by atoms with van der Waals surface area (Å²) >= 11 is 1.25. The molecule has 5 heteroatoms. The van der Waals surface area contributed by atoms with Gasteiger partial charge in [0.2, 0.25) is 0 Å². The highest BCUT2D eigenvalue weighted by atomic mass is 32.1. The van der Waals surface area contributed by atoms with Gasteiger partial charge in [-0.2, -0.15) is 0 Å². The average Bonchev–Trinajstić information content (AvgIpc) is 2.71. The van der Waals surface area contributed by atoms with E-state index in [2.05, 4.69) is 12.2 Å². The fourth-order valence-electron chi connectivity index (χ4n) is 1.62. The van der Waals surface area contributed by atoms with E-state index < -0.39 is 0 Å². The maximum atomic E-state index is 10.4. The lowest BCUT2D eigenvalue weighted by Crippen LogP contribution is -2.15. The number of hydrogen-bond acceptors (Lipinski definition) is 4. The number of nitrogens with one attached hydrogen (secondary N) is 1. The monoisotopic (exact) mass is 226 g/mol. The quantitative estimate of drug-likeness (QED) is 0.619. The van der Waals surface area contributed by atoms with Gasteiger partial charge in [-0.05, 0) is 30.9 Å². The van der Waals surface area contributed by atoms with Crippen molar-refractivity contribution in [2.45, 2.75) is 19.9 Å². The number of thiophene rings is 1. The van der Waals surface area contributed by atoms with Crippen LogP contribution < -0.4 is 5.32 Å². The molecule has 1 N–H and O–H groups in total. The SMILES string of the molecule is CC1CC1CNCc1ccc([N+](=O)[O-])s1. The van der Waals surface area contributed by atoms with Crippen molar-refractivity contribution >= 4 is 16.3 Å². The molecule has 15 heavy (non-hydrogen) atoms. The van der Waals surface area contributed by atoms with Gasteiger partial charge in [0.1, 0.15) is 0 Å². The van der Waals surface area contributed by atoms with Crippen molar-refractivity contribution in [2.24, 2.45) is 11.8 Å². The minimum Gasteiger partial charge on any atom is -0.312 e. The predicted molar refractivity (Wildman–Crippen MR) is 60.0 cm³/mol. The molecule has 2 rings (SSSR count). The lowest BCUT2D eigenvalue weighted by atomic mass is 10.3. The van der Waals surface area contributed by atoms with Crippen molar-refractivity contribution in [3.8, 4) is 0 Å². The topological polar surface area (TPSA) is 55.2 Å². The van der Waals surface area contributed by atoms with E-state index in [1.54, 1.807) is 6.07 Å². The van der Waals surface area contributed by atoms with Crippen molar-refractivity contribution in [3.63, 3.8) is 0 Å². The maximum Gasteiger partial charge on any atom is 0.324 e. The minimum absolute atomic E-state index is 0.228. The lowest BCUT2D eigenvalue weighted by molar-refractivity contribution is -0.380. The van der Waals surface area contributed by atoms with Crippen molar-refractivity contribution in [1.82, 2.24) is 5.32 Å². The van der Waals surface area contributed by atoms with Crippen LogP contribution in [0.2, 0.25) is 0 Å². The van der Waals surface area contributed by atoms with E-state index in [0.29, 0.717) is 0 Å². The molecule has 4 nitrogen and oxygen atoms in total. The van der Waals surface area contributed by atoms with Crippen LogP contribution in [0.4, 0.5) is 5.00 Å². The van der Waals surface area contributed by atoms with Gasteiger partial charge in [0.25, 0.3) is 0 Å². The molecule has 1 aromatic rings. The first kappa shape index (κ1) is 10.6. The Kier molecular flexibility index (Phi) is 3.02. The molecule has 1 aliphatic rings. The first-order chi connectivity index (χ1) is 7.16. The molecule has 1 saturated carbocycles. The third kappa shape index (κ3) is 2.76. The molecule has 1 fully saturated rings. The van der Waals surface area contributed by atoms with E-state index in [-0.39, 0.29) is 9.92 Å². The normalized spacial score (nSPS) is 24.1. The summed E-state index contributed by atoms with van der Waals surface area (Å²) in [6, 6.07) is 3.40. The first-order valence-corrected chi connectivity index (χ1v) is 5.92. The molecule has 0 spiro atoms. The van der Waals surface area contributed by atoms with E-state index in [1.807, 2.05) is 6.07 Å². The summed E-state index contributed by atoms with van der Waals surface area (Å²) in [4.78, 5) is 11.1. The number of hydrogen-bond donors (Lipinski definition) is 1. The van der Waals surface area contributed by atoms with Crippen LogP contribution in [0.1, 0.15) is 18.2 Å². The fourth-order valence-corrected chi connectivity index (χ4v) is 2.41. The van der Waals surface area contributed by atoms with Crippen molar-refractivity contribution in [3.05, 3.63) is 27.1 Å². The Labute approximate surface area is 92.5 Å². The summed E-state index contributed by atoms with van der Waals surface area (Å²) in [5.74, 6) is 1.68. The van der Waals surface area contributed by atoms with Gasteiger partial charge in [-0.3, -0.25) is 10.1 Å². The van der Waals surface area contributed by atoms with Crippen LogP contribution >= 0.6 is 11.3 Å². The molecule has 1 heterocycles. The van der Waals surface area contributed by atoms with Gasteiger partial charge in [-0.15, -0.1) is 0 Å². The zero-order valence-corrected chi connectivity index (χ0v) is 9.42. The standard InChI is InChI=1S/C10H14N2O2S/c1-7-4-8(7)5-11-6-9-2-3-10(15-9)12(13)14/h2-3,7-8,11H,4-6H2,1H3. The molecule has 2 unspecified atom stereocenters. The summed E-state index contributed by atoms with van der Waals surface area (Å²) < 4.78 is 0. The molecular formula is C10H14N2O2S. The molecule has 1 aliphatic carbocycles. The Morgan fingerprint density at radius 3 is 2.93 bits per heavy atom. The van der Waals surface area contributed by atoms with Crippen molar-refractivity contribution in [1.29, 1.82) is 0 Å². The summed E-state index contributed by atoms with van der Waals surface area (Å²) in [6.45, 7) is 4.04. The summed E-state index contributed by atoms with van der Waals surface area (Å²) in [7, 11) is 0. The number of nitro groups is 1. The van der Waals surface area contributed by atoms with Crippen LogP contribution in [-0.2, 0) is 6.54 Å². The second kappa shape index (κ2) is 4.28. The Bertz CT molecular complexity index is 364. The van der Waals surface area contributed by atoms with Crippen LogP contribution in [0, 0.1) is 22.0 Å². The van der Waals surface area contributed by atoms with E-state index in [0.717, 1.165) is 29.8 Å². The van der Waals surface area contributed by atoms with Gasteiger partial charge >= 0.3 is 5.00 Å². The maximum absolute atomic E-state index is 10.4. The molecule has 0 radical (unpaired) electrons. The zero-order chi connectivity index (χ0) is 10.8. The first-order valence-electron chi connectivity index (χ1n) is 5.10. The Morgan fingerprint density at radius 2 is 2.40 bits per heavy atom. The van der Waals surface area contributed by atoms with Crippen LogP contribution in [0.3, 0.4) is 0 Å². The Balaban J connectivity index is 1.75. The largest absolute Gasteiger partial charge is 0.324 e. The predicted octanol–water partition coefficient (Wildman–Crippen LogP) is 2.40. The summed E-state index contributed by atoms with van der Waals surface area (Å²) in [5.41, 5.74) is 0. The molecule has 1 aromatic heterocycles. The molecule has 82 valence electrons. The lowest BCUT2D eigenvalue weighted by Gasteiger charge is -2.00. The van der Waals surface area contributed by atoms with Crippen LogP contribution in [0.15, 0.2) is 12.1 Å². The van der Waals surface area contributed by atoms with E-state index in [9.17, 15) is 10.1 Å². The molecule has 0 saturated heterocycles. The van der Waals surface area contributed by atoms with Crippen molar-refractivity contribution < 1.29 is 4.92 Å². The van der Waals surface area contributed by atoms with Gasteiger partial charge in [-0.25, -0.2) is 0 Å². The number of rotatable bonds is 5. The van der Waals surface area contributed by atoms with Crippen LogP contribution in [-0.4, -0.2) is 11.5 Å². The van der Waals surface area contributed by atoms with E-state index in [4.69, 9.17) is 0 Å². The second-order valence-electron chi connectivity index (χ2n) is 4.10. The molecule has 0 amide bonds. The molecule has 0 aromatic carbocycles. The minimum atomic E-state index is -0.336. The third-order valence-corrected chi connectivity index (χ3v) is 3.85. The molecule has 0 aliphatic heterocycles. The van der Waals surface area contributed by atoms with Crippen molar-refractivity contribution in [2.75, 3.05) is 6.54 Å². The Hall–Kier alpha value is -0.940. The van der Waals surface area contributed by atoms with Crippen LogP contribution in [0.25, 0.3) is 0 Å². The van der Waals surface area contributed by atoms with Gasteiger partial charge in [0.05, 0.1) is 4.92 Å². The highest BCUT2D eigenvalue weighted by Crippen LogP contribution is 2.36. The highest BCUT2D eigenvalue weighted by molar-refractivity contribution is 7.15. The fraction of sp³-hybridized carbons (Fsp3) is 0.600.